The van der Waals surface area contributed by atoms with Crippen molar-refractivity contribution in [2.24, 2.45) is 0 Å². The van der Waals surface area contributed by atoms with Gasteiger partial charge in [0.2, 0.25) is 0 Å². The van der Waals surface area contributed by atoms with Crippen molar-refractivity contribution < 1.29 is 9.53 Å². The van der Waals surface area contributed by atoms with Crippen LogP contribution in [0.25, 0.3) is 0 Å². The summed E-state index contributed by atoms with van der Waals surface area (Å²) in [5, 5.41) is 0. The number of ether oxygens (including phenoxy) is 1. The maximum Gasteiger partial charge on any atom is 0.338 e. The Bertz CT molecular complexity index is 481. The van der Waals surface area contributed by atoms with Crippen LogP contribution >= 0.6 is 0 Å². The van der Waals surface area contributed by atoms with Gasteiger partial charge in [-0.05, 0) is 69.2 Å². The van der Waals surface area contributed by atoms with Crippen molar-refractivity contribution in [1.29, 1.82) is 0 Å². The van der Waals surface area contributed by atoms with Gasteiger partial charge in [-0.3, -0.25) is 0 Å². The third-order valence-corrected chi connectivity index (χ3v) is 3.61. The topological polar surface area (TPSA) is 26.3 Å². The molecule has 1 aliphatic rings. The molecule has 1 atom stereocenters. The van der Waals surface area contributed by atoms with Gasteiger partial charge in [-0.1, -0.05) is 13.0 Å². The zero-order valence-electron chi connectivity index (χ0n) is 12.0. The highest BCUT2D eigenvalue weighted by Crippen LogP contribution is 2.36. The van der Waals surface area contributed by atoms with Crippen LogP contribution in [0.3, 0.4) is 0 Å². The minimum atomic E-state index is -0.435. The van der Waals surface area contributed by atoms with Gasteiger partial charge in [-0.15, -0.1) is 0 Å². The van der Waals surface area contributed by atoms with Gasteiger partial charge in [-0.2, -0.15) is 0 Å². The fourth-order valence-corrected chi connectivity index (χ4v) is 2.64. The summed E-state index contributed by atoms with van der Waals surface area (Å²) in [5.41, 5.74) is 4.14. The summed E-state index contributed by atoms with van der Waals surface area (Å²) in [6, 6.07) is 4.02. The highest BCUT2D eigenvalue weighted by Gasteiger charge is 2.25. The maximum absolute atomic E-state index is 12.1. The maximum atomic E-state index is 12.1. The number of benzene rings is 1. The molecule has 0 radical (unpaired) electrons. The van der Waals surface area contributed by atoms with Crippen LogP contribution in [0.2, 0.25) is 0 Å². The third-order valence-electron chi connectivity index (χ3n) is 3.61. The molecule has 0 fully saturated rings. The Morgan fingerprint density at radius 1 is 1.33 bits per heavy atom. The van der Waals surface area contributed by atoms with Crippen LogP contribution in [0.1, 0.15) is 67.1 Å². The van der Waals surface area contributed by atoms with Gasteiger partial charge in [0.25, 0.3) is 0 Å². The summed E-state index contributed by atoms with van der Waals surface area (Å²) in [7, 11) is 0. The monoisotopic (exact) mass is 246 g/mol. The molecule has 0 heterocycles. The van der Waals surface area contributed by atoms with E-state index in [0.717, 1.165) is 17.5 Å². The predicted octanol–water partition coefficient (Wildman–Crippen LogP) is 4.00. The molecule has 0 aliphatic heterocycles. The first-order chi connectivity index (χ1) is 8.29. The number of esters is 1. The summed E-state index contributed by atoms with van der Waals surface area (Å²) in [5.74, 6) is 0.411. The smallest absolute Gasteiger partial charge is 0.338 e. The quantitative estimate of drug-likeness (QED) is 0.700. The van der Waals surface area contributed by atoms with E-state index in [0.29, 0.717) is 5.92 Å². The molecule has 2 heteroatoms. The summed E-state index contributed by atoms with van der Waals surface area (Å²) < 4.78 is 5.45. The first-order valence-electron chi connectivity index (χ1n) is 6.65. The Morgan fingerprint density at radius 3 is 2.61 bits per heavy atom. The molecule has 0 bridgehead atoms. The lowest BCUT2D eigenvalue weighted by atomic mass is 9.96. The number of fused-ring (bicyclic) bond motifs is 1. The van der Waals surface area contributed by atoms with Crippen LogP contribution in [0.4, 0.5) is 0 Å². The van der Waals surface area contributed by atoms with Gasteiger partial charge in [-0.25, -0.2) is 4.79 Å². The molecule has 18 heavy (non-hydrogen) atoms. The Balaban J connectivity index is 2.34. The van der Waals surface area contributed by atoms with E-state index in [4.69, 9.17) is 4.74 Å². The van der Waals surface area contributed by atoms with Crippen LogP contribution in [0.5, 0.6) is 0 Å². The number of rotatable bonds is 1. The highest BCUT2D eigenvalue weighted by molar-refractivity contribution is 5.92. The van der Waals surface area contributed by atoms with Crippen molar-refractivity contribution in [3.63, 3.8) is 0 Å². The summed E-state index contributed by atoms with van der Waals surface area (Å²) in [6.45, 7) is 9.98. The van der Waals surface area contributed by atoms with Crippen LogP contribution in [-0.4, -0.2) is 11.6 Å². The number of hydrogen-bond donors (Lipinski definition) is 0. The zero-order valence-corrected chi connectivity index (χ0v) is 12.0. The van der Waals surface area contributed by atoms with Gasteiger partial charge in [0.1, 0.15) is 5.60 Å². The second-order valence-electron chi connectivity index (χ2n) is 6.25. The number of carbonyl (C=O) groups is 1. The third kappa shape index (κ3) is 2.43. The van der Waals surface area contributed by atoms with Crippen LogP contribution in [0, 0.1) is 6.92 Å². The first kappa shape index (κ1) is 13.1. The molecule has 1 aromatic carbocycles. The van der Waals surface area contributed by atoms with E-state index in [9.17, 15) is 4.79 Å². The molecule has 0 saturated heterocycles. The van der Waals surface area contributed by atoms with Crippen LogP contribution in [-0.2, 0) is 11.2 Å². The second kappa shape index (κ2) is 4.42. The summed E-state index contributed by atoms with van der Waals surface area (Å²) >= 11 is 0. The Morgan fingerprint density at radius 2 is 2.00 bits per heavy atom. The highest BCUT2D eigenvalue weighted by atomic mass is 16.6. The van der Waals surface area contributed by atoms with Gasteiger partial charge in [0, 0.05) is 0 Å². The Labute approximate surface area is 109 Å². The van der Waals surface area contributed by atoms with Crippen molar-refractivity contribution in [3.8, 4) is 0 Å². The normalized spacial score (nSPS) is 18.6. The van der Waals surface area contributed by atoms with E-state index in [1.54, 1.807) is 0 Å². The van der Waals surface area contributed by atoms with E-state index in [-0.39, 0.29) is 5.97 Å². The fraction of sp³-hybridized carbons (Fsp3) is 0.562. The molecular weight excluding hydrogens is 224 g/mol. The van der Waals surface area contributed by atoms with Crippen molar-refractivity contribution in [1.82, 2.24) is 0 Å². The Hall–Kier alpha value is -1.31. The van der Waals surface area contributed by atoms with Crippen molar-refractivity contribution >= 4 is 5.97 Å². The van der Waals surface area contributed by atoms with Crippen molar-refractivity contribution in [2.45, 2.75) is 59.0 Å². The van der Waals surface area contributed by atoms with Gasteiger partial charge >= 0.3 is 5.97 Å². The largest absolute Gasteiger partial charge is 0.456 e. The molecule has 98 valence electrons. The second-order valence-corrected chi connectivity index (χ2v) is 6.25. The van der Waals surface area contributed by atoms with Crippen LogP contribution < -0.4 is 0 Å². The molecule has 0 spiro atoms. The van der Waals surface area contributed by atoms with Crippen molar-refractivity contribution in [2.75, 3.05) is 0 Å². The van der Waals surface area contributed by atoms with Gasteiger partial charge in [0.05, 0.1) is 5.56 Å². The van der Waals surface area contributed by atoms with E-state index in [2.05, 4.69) is 13.0 Å². The van der Waals surface area contributed by atoms with E-state index >= 15 is 0 Å². The molecule has 0 amide bonds. The molecule has 1 unspecified atom stereocenters. The first-order valence-corrected chi connectivity index (χ1v) is 6.65. The molecular formula is C16H22O2. The lowest BCUT2D eigenvalue weighted by Crippen LogP contribution is -2.24. The zero-order chi connectivity index (χ0) is 13.5. The molecule has 0 aromatic heterocycles. The van der Waals surface area contributed by atoms with E-state index in [1.807, 2.05) is 33.8 Å². The average Bonchev–Trinajstić information content (AvgIpc) is 2.59. The molecule has 1 aromatic rings. The van der Waals surface area contributed by atoms with Crippen LogP contribution in [0.15, 0.2) is 12.1 Å². The predicted molar refractivity (Wildman–Crippen MR) is 73.1 cm³/mol. The molecule has 2 rings (SSSR count). The van der Waals surface area contributed by atoms with Crippen molar-refractivity contribution in [3.05, 3.63) is 34.4 Å². The number of carbonyl (C=O) groups excluding carboxylic acids is 1. The average molecular weight is 246 g/mol. The Kier molecular flexibility index (Phi) is 3.22. The SMILES string of the molecule is Cc1c(C(=O)OC(C)(C)C)ccc2c1CCC2C. The van der Waals surface area contributed by atoms with E-state index in [1.165, 1.54) is 17.5 Å². The summed E-state index contributed by atoms with van der Waals surface area (Å²) in [6.07, 6.45) is 2.27. The molecule has 2 nitrogen and oxygen atoms in total. The molecule has 1 aliphatic carbocycles. The summed E-state index contributed by atoms with van der Waals surface area (Å²) in [4.78, 5) is 12.1. The minimum Gasteiger partial charge on any atom is -0.456 e. The van der Waals surface area contributed by atoms with Gasteiger partial charge in [0.15, 0.2) is 0 Å². The van der Waals surface area contributed by atoms with Gasteiger partial charge < -0.3 is 4.74 Å². The minimum absolute atomic E-state index is 0.206. The lowest BCUT2D eigenvalue weighted by Gasteiger charge is -2.21. The van der Waals surface area contributed by atoms with E-state index < -0.39 is 5.60 Å². The number of hydrogen-bond acceptors (Lipinski definition) is 2. The molecule has 0 saturated carbocycles. The lowest BCUT2D eigenvalue weighted by molar-refractivity contribution is 0.00686. The standard InChI is InChI=1S/C16H22O2/c1-10-6-7-13-11(2)14(9-8-12(10)13)15(17)18-16(3,4)5/h8-10H,6-7H2,1-5H3. The molecule has 0 N–H and O–H groups in total. The fourth-order valence-electron chi connectivity index (χ4n) is 2.64.